The van der Waals surface area contributed by atoms with Crippen molar-refractivity contribution < 1.29 is 0 Å². The van der Waals surface area contributed by atoms with Crippen molar-refractivity contribution in [2.45, 2.75) is 25.8 Å². The maximum absolute atomic E-state index is 4.27. The zero-order valence-electron chi connectivity index (χ0n) is 10.9. The molecule has 1 saturated carbocycles. The van der Waals surface area contributed by atoms with Crippen molar-refractivity contribution in [3.8, 4) is 0 Å². The van der Waals surface area contributed by atoms with E-state index in [9.17, 15) is 0 Å². The van der Waals surface area contributed by atoms with Gasteiger partial charge in [0.25, 0.3) is 0 Å². The van der Waals surface area contributed by atoms with E-state index in [4.69, 9.17) is 0 Å². The first-order valence-electron chi connectivity index (χ1n) is 6.77. The Bertz CT molecular complexity index is 687. The van der Waals surface area contributed by atoms with E-state index >= 15 is 0 Å². The van der Waals surface area contributed by atoms with Crippen molar-refractivity contribution in [2.24, 2.45) is 5.92 Å². The summed E-state index contributed by atoms with van der Waals surface area (Å²) >= 11 is 0. The van der Waals surface area contributed by atoms with Crippen molar-refractivity contribution in [2.75, 3.05) is 0 Å². The van der Waals surface area contributed by atoms with Crippen molar-refractivity contribution in [3.05, 3.63) is 47.9 Å². The largest absolute Gasteiger partial charge is 0.357 e. The summed E-state index contributed by atoms with van der Waals surface area (Å²) in [4.78, 5) is 3.54. The lowest BCUT2D eigenvalue weighted by Gasteiger charge is -2.14. The van der Waals surface area contributed by atoms with Crippen LogP contribution in [0.3, 0.4) is 0 Å². The highest BCUT2D eigenvalue weighted by atomic mass is 15.4. The minimum Gasteiger partial charge on any atom is -0.357 e. The molecule has 1 aromatic carbocycles. The lowest BCUT2D eigenvalue weighted by atomic mass is 10.1. The molecule has 1 N–H and O–H groups in total. The number of aryl methyl sites for hydroxylation is 1. The number of hydrogen-bond acceptors (Lipinski definition) is 2. The fraction of sp³-hybridized carbons (Fsp3) is 0.333. The minimum atomic E-state index is 0.300. The number of aromatic nitrogens is 4. The number of nitrogens with zero attached hydrogens (tertiary/aromatic N) is 3. The van der Waals surface area contributed by atoms with Crippen molar-refractivity contribution in [1.82, 2.24) is 20.0 Å². The van der Waals surface area contributed by atoms with Gasteiger partial charge >= 0.3 is 0 Å². The smallest absolute Gasteiger partial charge is 0.0963 e. The number of rotatable bonds is 3. The van der Waals surface area contributed by atoms with Gasteiger partial charge in [-0.15, -0.1) is 5.10 Å². The van der Waals surface area contributed by atoms with Gasteiger partial charge in [0.2, 0.25) is 0 Å². The third-order valence-electron chi connectivity index (χ3n) is 3.85. The van der Waals surface area contributed by atoms with Gasteiger partial charge in [-0.2, -0.15) is 0 Å². The van der Waals surface area contributed by atoms with E-state index in [1.54, 1.807) is 0 Å². The maximum Gasteiger partial charge on any atom is 0.0963 e. The Morgan fingerprint density at radius 1 is 1.32 bits per heavy atom. The molecule has 4 rings (SSSR count). The van der Waals surface area contributed by atoms with E-state index < -0.39 is 0 Å². The van der Waals surface area contributed by atoms with Crippen LogP contribution < -0.4 is 0 Å². The summed E-state index contributed by atoms with van der Waals surface area (Å²) in [5, 5.41) is 9.66. The van der Waals surface area contributed by atoms with Crippen LogP contribution in [0.1, 0.15) is 30.3 Å². The molecule has 2 aromatic heterocycles. The van der Waals surface area contributed by atoms with Gasteiger partial charge in [-0.1, -0.05) is 23.4 Å². The number of fused-ring (bicyclic) bond motifs is 1. The van der Waals surface area contributed by atoms with Crippen molar-refractivity contribution in [1.29, 1.82) is 0 Å². The average Bonchev–Trinajstić information content (AvgIpc) is 2.99. The summed E-state index contributed by atoms with van der Waals surface area (Å²) in [6, 6.07) is 10.9. The Balaban J connectivity index is 1.82. The Morgan fingerprint density at radius 3 is 2.84 bits per heavy atom. The molecule has 3 aromatic rings. The molecule has 1 unspecified atom stereocenters. The van der Waals surface area contributed by atoms with Crippen LogP contribution in [0.15, 0.2) is 36.5 Å². The molecule has 4 heteroatoms. The predicted molar refractivity (Wildman–Crippen MR) is 73.9 cm³/mol. The summed E-state index contributed by atoms with van der Waals surface area (Å²) in [5.74, 6) is 0.689. The van der Waals surface area contributed by atoms with Gasteiger partial charge in [0, 0.05) is 17.4 Å². The third-order valence-corrected chi connectivity index (χ3v) is 3.85. The molecular formula is C15H16N4. The van der Waals surface area contributed by atoms with Crippen LogP contribution in [-0.4, -0.2) is 20.0 Å². The monoisotopic (exact) mass is 252 g/mol. The normalized spacial score (nSPS) is 16.9. The number of hydrogen-bond donors (Lipinski definition) is 1. The molecule has 0 amide bonds. The topological polar surface area (TPSA) is 46.5 Å². The second-order valence-electron chi connectivity index (χ2n) is 5.43. The number of aromatic amines is 1. The van der Waals surface area contributed by atoms with E-state index in [0.29, 0.717) is 12.0 Å². The highest BCUT2D eigenvalue weighted by Gasteiger charge is 2.35. The van der Waals surface area contributed by atoms with Gasteiger partial charge < -0.3 is 4.98 Å². The van der Waals surface area contributed by atoms with E-state index in [2.05, 4.69) is 45.6 Å². The van der Waals surface area contributed by atoms with Crippen molar-refractivity contribution >= 4 is 10.9 Å². The van der Waals surface area contributed by atoms with E-state index in [-0.39, 0.29) is 0 Å². The highest BCUT2D eigenvalue weighted by molar-refractivity contribution is 5.80. The van der Waals surface area contributed by atoms with Crippen molar-refractivity contribution in [3.63, 3.8) is 0 Å². The van der Waals surface area contributed by atoms with Crippen LogP contribution in [0.2, 0.25) is 0 Å². The molecule has 1 atom stereocenters. The van der Waals surface area contributed by atoms with E-state index in [0.717, 1.165) is 5.69 Å². The molecule has 1 aliphatic rings. The van der Waals surface area contributed by atoms with Crippen LogP contribution in [0.25, 0.3) is 10.9 Å². The zero-order chi connectivity index (χ0) is 12.8. The molecule has 1 fully saturated rings. The van der Waals surface area contributed by atoms with E-state index in [1.807, 2.05) is 17.8 Å². The van der Waals surface area contributed by atoms with Crippen LogP contribution in [0, 0.1) is 12.8 Å². The molecule has 0 spiro atoms. The van der Waals surface area contributed by atoms with Gasteiger partial charge in [0.1, 0.15) is 0 Å². The van der Waals surface area contributed by atoms with E-state index in [1.165, 1.54) is 29.4 Å². The second-order valence-corrected chi connectivity index (χ2v) is 5.43. The molecule has 0 bridgehead atoms. The van der Waals surface area contributed by atoms with Crippen LogP contribution in [-0.2, 0) is 0 Å². The summed E-state index contributed by atoms with van der Waals surface area (Å²) < 4.78 is 2.01. The molecule has 0 radical (unpaired) electrons. The first-order chi connectivity index (χ1) is 9.31. The molecule has 1 aliphatic carbocycles. The molecular weight excluding hydrogens is 236 g/mol. The minimum absolute atomic E-state index is 0.300. The van der Waals surface area contributed by atoms with Gasteiger partial charge in [-0.05, 0) is 43.2 Å². The summed E-state index contributed by atoms with van der Waals surface area (Å²) in [6.07, 6.45) is 4.59. The molecule has 2 heterocycles. The summed E-state index contributed by atoms with van der Waals surface area (Å²) in [5.41, 5.74) is 3.41. The fourth-order valence-electron chi connectivity index (χ4n) is 2.78. The number of benzene rings is 1. The lowest BCUT2D eigenvalue weighted by molar-refractivity contribution is 0.450. The second kappa shape index (κ2) is 3.95. The SMILES string of the molecule is Cc1cn(C(c2cc3ccccc3[nH]2)C2CC2)nn1. The Morgan fingerprint density at radius 2 is 2.16 bits per heavy atom. The highest BCUT2D eigenvalue weighted by Crippen LogP contribution is 2.43. The third kappa shape index (κ3) is 1.84. The summed E-state index contributed by atoms with van der Waals surface area (Å²) in [7, 11) is 0. The first kappa shape index (κ1) is 10.8. The Kier molecular flexibility index (Phi) is 2.24. The van der Waals surface area contributed by atoms with Gasteiger partial charge in [0.05, 0.1) is 11.7 Å². The molecule has 0 aliphatic heterocycles. The number of H-pyrrole nitrogens is 1. The van der Waals surface area contributed by atoms with Crippen LogP contribution in [0.4, 0.5) is 0 Å². The molecule has 19 heavy (non-hydrogen) atoms. The first-order valence-corrected chi connectivity index (χ1v) is 6.77. The Labute approximate surface area is 111 Å². The maximum atomic E-state index is 4.27. The van der Waals surface area contributed by atoms with Gasteiger partial charge in [-0.3, -0.25) is 0 Å². The standard InChI is InChI=1S/C15H16N4/c1-10-9-19(18-17-10)15(11-6-7-11)14-8-12-4-2-3-5-13(12)16-14/h2-5,8-9,11,15-16H,6-7H2,1H3. The van der Waals surface area contributed by atoms with Gasteiger partial charge in [-0.25, -0.2) is 4.68 Å². The average molecular weight is 252 g/mol. The fourth-order valence-corrected chi connectivity index (χ4v) is 2.78. The van der Waals surface area contributed by atoms with Gasteiger partial charge in [0.15, 0.2) is 0 Å². The zero-order valence-corrected chi connectivity index (χ0v) is 10.9. The summed E-state index contributed by atoms with van der Waals surface area (Å²) in [6.45, 7) is 1.98. The predicted octanol–water partition coefficient (Wildman–Crippen LogP) is 3.07. The molecule has 96 valence electrons. The number of nitrogens with one attached hydrogen (secondary N) is 1. The lowest BCUT2D eigenvalue weighted by Crippen LogP contribution is -2.14. The van der Waals surface area contributed by atoms with Crippen LogP contribution in [0.5, 0.6) is 0 Å². The quantitative estimate of drug-likeness (QED) is 0.778. The number of para-hydroxylation sites is 1. The molecule has 0 saturated heterocycles. The Hall–Kier alpha value is -2.10. The van der Waals surface area contributed by atoms with Crippen LogP contribution >= 0.6 is 0 Å². The molecule has 4 nitrogen and oxygen atoms in total.